The SMILES string of the molecule is CC(NCc1ccccc1)c1ccc2c(c1)CCC2. The Kier molecular flexibility index (Phi) is 3.65. The summed E-state index contributed by atoms with van der Waals surface area (Å²) < 4.78 is 0. The van der Waals surface area contributed by atoms with E-state index in [1.807, 2.05) is 0 Å². The molecule has 0 saturated heterocycles. The fourth-order valence-corrected chi connectivity index (χ4v) is 2.85. The molecular formula is C18H21N. The Morgan fingerprint density at radius 2 is 1.79 bits per heavy atom. The van der Waals surface area contributed by atoms with Crippen molar-refractivity contribution in [2.24, 2.45) is 0 Å². The highest BCUT2D eigenvalue weighted by atomic mass is 14.9. The minimum absolute atomic E-state index is 0.408. The van der Waals surface area contributed by atoms with Gasteiger partial charge in [-0.25, -0.2) is 0 Å². The predicted octanol–water partition coefficient (Wildman–Crippen LogP) is 4.03. The van der Waals surface area contributed by atoms with E-state index in [2.05, 4.69) is 60.8 Å². The van der Waals surface area contributed by atoms with Gasteiger partial charge < -0.3 is 5.32 Å². The van der Waals surface area contributed by atoms with Crippen LogP contribution in [0.1, 0.15) is 41.6 Å². The molecule has 2 aromatic carbocycles. The van der Waals surface area contributed by atoms with Crippen LogP contribution in [0.15, 0.2) is 48.5 Å². The van der Waals surface area contributed by atoms with Gasteiger partial charge in [-0.15, -0.1) is 0 Å². The van der Waals surface area contributed by atoms with Crippen molar-refractivity contribution in [2.75, 3.05) is 0 Å². The lowest BCUT2D eigenvalue weighted by Gasteiger charge is -2.15. The van der Waals surface area contributed by atoms with Crippen molar-refractivity contribution in [3.63, 3.8) is 0 Å². The highest BCUT2D eigenvalue weighted by Gasteiger charge is 2.13. The molecule has 1 nitrogen and oxygen atoms in total. The average Bonchev–Trinajstić information content (AvgIpc) is 2.93. The zero-order valence-corrected chi connectivity index (χ0v) is 11.5. The second-order valence-electron chi connectivity index (χ2n) is 5.47. The quantitative estimate of drug-likeness (QED) is 0.865. The molecule has 1 aliphatic rings. The van der Waals surface area contributed by atoms with E-state index < -0.39 is 0 Å². The summed E-state index contributed by atoms with van der Waals surface area (Å²) in [4.78, 5) is 0. The van der Waals surface area contributed by atoms with Gasteiger partial charge in [-0.2, -0.15) is 0 Å². The molecule has 3 rings (SSSR count). The Hall–Kier alpha value is -1.60. The molecule has 1 unspecified atom stereocenters. The number of hydrogen-bond acceptors (Lipinski definition) is 1. The number of hydrogen-bond donors (Lipinski definition) is 1. The lowest BCUT2D eigenvalue weighted by Crippen LogP contribution is -2.18. The molecule has 0 fully saturated rings. The topological polar surface area (TPSA) is 12.0 Å². The molecule has 19 heavy (non-hydrogen) atoms. The van der Waals surface area contributed by atoms with Crippen molar-refractivity contribution in [1.82, 2.24) is 5.32 Å². The molecule has 98 valence electrons. The molecule has 0 radical (unpaired) electrons. The maximum Gasteiger partial charge on any atom is 0.0295 e. The predicted molar refractivity (Wildman–Crippen MR) is 80.2 cm³/mol. The molecule has 0 amide bonds. The van der Waals surface area contributed by atoms with Gasteiger partial charge in [0.05, 0.1) is 0 Å². The first kappa shape index (κ1) is 12.4. The molecule has 1 atom stereocenters. The summed E-state index contributed by atoms with van der Waals surface area (Å²) in [6.45, 7) is 3.18. The minimum Gasteiger partial charge on any atom is -0.306 e. The highest BCUT2D eigenvalue weighted by Crippen LogP contribution is 2.25. The maximum atomic E-state index is 3.61. The maximum absolute atomic E-state index is 3.61. The third-order valence-corrected chi connectivity index (χ3v) is 4.08. The van der Waals surface area contributed by atoms with Gasteiger partial charge in [-0.3, -0.25) is 0 Å². The summed E-state index contributed by atoms with van der Waals surface area (Å²) in [5.41, 5.74) is 5.87. The highest BCUT2D eigenvalue weighted by molar-refractivity contribution is 5.36. The van der Waals surface area contributed by atoms with Crippen molar-refractivity contribution in [3.05, 3.63) is 70.8 Å². The van der Waals surface area contributed by atoms with Crippen LogP contribution < -0.4 is 5.32 Å². The normalized spacial score (nSPS) is 15.2. The fraction of sp³-hybridized carbons (Fsp3) is 0.333. The first-order chi connectivity index (χ1) is 9.33. The third-order valence-electron chi connectivity index (χ3n) is 4.08. The second-order valence-corrected chi connectivity index (χ2v) is 5.47. The Morgan fingerprint density at radius 1 is 1.00 bits per heavy atom. The Balaban J connectivity index is 1.65. The number of benzene rings is 2. The zero-order valence-electron chi connectivity index (χ0n) is 11.5. The molecule has 0 saturated carbocycles. The number of aryl methyl sites for hydroxylation is 2. The van der Waals surface area contributed by atoms with Crippen LogP contribution in [0, 0.1) is 0 Å². The van der Waals surface area contributed by atoms with Gasteiger partial charge in [-0.1, -0.05) is 48.5 Å². The van der Waals surface area contributed by atoms with Gasteiger partial charge in [0.1, 0.15) is 0 Å². The zero-order chi connectivity index (χ0) is 13.1. The summed E-state index contributed by atoms with van der Waals surface area (Å²) in [5, 5.41) is 3.61. The molecular weight excluding hydrogens is 230 g/mol. The van der Waals surface area contributed by atoms with Crippen LogP contribution in [0.5, 0.6) is 0 Å². The molecule has 1 aliphatic carbocycles. The molecule has 0 heterocycles. The van der Waals surface area contributed by atoms with Crippen LogP contribution in [-0.2, 0) is 19.4 Å². The summed E-state index contributed by atoms with van der Waals surface area (Å²) in [6, 6.07) is 18.0. The van der Waals surface area contributed by atoms with Gasteiger partial charge in [0.15, 0.2) is 0 Å². The average molecular weight is 251 g/mol. The number of rotatable bonds is 4. The second kappa shape index (κ2) is 5.58. The summed E-state index contributed by atoms with van der Waals surface area (Å²) >= 11 is 0. The van der Waals surface area contributed by atoms with Crippen LogP contribution in [0.4, 0.5) is 0 Å². The lowest BCUT2D eigenvalue weighted by molar-refractivity contribution is 0.574. The third kappa shape index (κ3) is 2.87. The van der Waals surface area contributed by atoms with E-state index in [-0.39, 0.29) is 0 Å². The fourth-order valence-electron chi connectivity index (χ4n) is 2.85. The summed E-state index contributed by atoms with van der Waals surface area (Å²) in [6.07, 6.45) is 3.85. The lowest BCUT2D eigenvalue weighted by atomic mass is 10.0. The van der Waals surface area contributed by atoms with E-state index in [0.717, 1.165) is 6.54 Å². The van der Waals surface area contributed by atoms with Crippen LogP contribution in [0.2, 0.25) is 0 Å². The van der Waals surface area contributed by atoms with Gasteiger partial charge >= 0.3 is 0 Å². The first-order valence-electron chi connectivity index (χ1n) is 7.22. The number of fused-ring (bicyclic) bond motifs is 1. The van der Waals surface area contributed by atoms with Gasteiger partial charge in [0, 0.05) is 12.6 Å². The minimum atomic E-state index is 0.408. The molecule has 0 aliphatic heterocycles. The van der Waals surface area contributed by atoms with Crippen molar-refractivity contribution in [1.29, 1.82) is 0 Å². The van der Waals surface area contributed by atoms with Crippen molar-refractivity contribution in [2.45, 2.75) is 38.8 Å². The van der Waals surface area contributed by atoms with E-state index in [0.29, 0.717) is 6.04 Å². The molecule has 1 heteroatoms. The van der Waals surface area contributed by atoms with E-state index in [4.69, 9.17) is 0 Å². The van der Waals surface area contributed by atoms with Crippen LogP contribution >= 0.6 is 0 Å². The molecule has 0 spiro atoms. The standard InChI is InChI=1S/C18H21N/c1-14(19-13-15-6-3-2-4-7-15)17-11-10-16-8-5-9-18(16)12-17/h2-4,6-7,10-12,14,19H,5,8-9,13H2,1H3. The van der Waals surface area contributed by atoms with Crippen molar-refractivity contribution < 1.29 is 0 Å². The Labute approximate surface area is 115 Å². The molecule has 2 aromatic rings. The molecule has 1 N–H and O–H groups in total. The van der Waals surface area contributed by atoms with E-state index >= 15 is 0 Å². The van der Waals surface area contributed by atoms with E-state index in [1.54, 1.807) is 11.1 Å². The van der Waals surface area contributed by atoms with E-state index in [9.17, 15) is 0 Å². The van der Waals surface area contributed by atoms with Crippen molar-refractivity contribution >= 4 is 0 Å². The largest absolute Gasteiger partial charge is 0.306 e. The van der Waals surface area contributed by atoms with E-state index in [1.165, 1.54) is 30.4 Å². The van der Waals surface area contributed by atoms with Crippen LogP contribution in [-0.4, -0.2) is 0 Å². The smallest absolute Gasteiger partial charge is 0.0295 e. The Morgan fingerprint density at radius 3 is 2.63 bits per heavy atom. The van der Waals surface area contributed by atoms with Crippen LogP contribution in [0.25, 0.3) is 0 Å². The summed E-state index contributed by atoms with van der Waals surface area (Å²) in [5.74, 6) is 0. The van der Waals surface area contributed by atoms with Crippen LogP contribution in [0.3, 0.4) is 0 Å². The number of nitrogens with one attached hydrogen (secondary N) is 1. The van der Waals surface area contributed by atoms with Gasteiger partial charge in [0.2, 0.25) is 0 Å². The summed E-state index contributed by atoms with van der Waals surface area (Å²) in [7, 11) is 0. The first-order valence-corrected chi connectivity index (χ1v) is 7.22. The molecule has 0 bridgehead atoms. The van der Waals surface area contributed by atoms with Gasteiger partial charge in [0.25, 0.3) is 0 Å². The molecule has 0 aromatic heterocycles. The monoisotopic (exact) mass is 251 g/mol. The van der Waals surface area contributed by atoms with Crippen molar-refractivity contribution in [3.8, 4) is 0 Å². The Bertz CT molecular complexity index is 545. The van der Waals surface area contributed by atoms with Gasteiger partial charge in [-0.05, 0) is 48.4 Å².